The zero-order valence-electron chi connectivity index (χ0n) is 11.3. The molecule has 0 rings (SSSR count). The summed E-state index contributed by atoms with van der Waals surface area (Å²) in [5.74, 6) is 0.549. The first-order valence-corrected chi connectivity index (χ1v) is 6.41. The molecule has 0 aromatic carbocycles. The molecule has 104 valence electrons. The average molecular weight is 300 g/mol. The van der Waals surface area contributed by atoms with Crippen molar-refractivity contribution in [2.75, 3.05) is 12.3 Å². The van der Waals surface area contributed by atoms with E-state index < -0.39 is 27.3 Å². The Bertz CT molecular complexity index is 427. The minimum atomic E-state index is -4.24. The number of amides is 1. The molecule has 0 radical (unpaired) electrons. The number of carbonyl (C=O) groups excluding carboxylic acids is 2. The van der Waals surface area contributed by atoms with Crippen molar-refractivity contribution in [3.8, 4) is 0 Å². The molecule has 1 amide bonds. The Morgan fingerprint density at radius 2 is 1.95 bits per heavy atom. The van der Waals surface area contributed by atoms with Crippen LogP contribution >= 0.6 is 0 Å². The Kier molecular flexibility index (Phi) is 14.1. The van der Waals surface area contributed by atoms with Crippen molar-refractivity contribution in [2.45, 2.75) is 19.4 Å². The minimum Gasteiger partial charge on any atom is -0.748 e. The maximum atomic E-state index is 10.4. The summed E-state index contributed by atoms with van der Waals surface area (Å²) in [6, 6.07) is 0. The molecule has 0 aliphatic heterocycles. The molecule has 7 nitrogen and oxygen atoms in total. The van der Waals surface area contributed by atoms with Gasteiger partial charge in [0.1, 0.15) is 5.94 Å². The average Bonchev–Trinajstić information content (AvgIpc) is 2.15. The fourth-order valence-electron chi connectivity index (χ4n) is 0.862. The summed E-state index contributed by atoms with van der Waals surface area (Å²) in [4.78, 5) is 19.2. The van der Waals surface area contributed by atoms with E-state index in [9.17, 15) is 22.6 Å². The Morgan fingerprint density at radius 3 is 2.21 bits per heavy atom. The predicted molar refractivity (Wildman–Crippen MR) is 66.3 cm³/mol. The summed E-state index contributed by atoms with van der Waals surface area (Å²) in [6.07, 6.45) is 2.24. The number of hydrogen-bond acceptors (Lipinski definition) is 6. The second kappa shape index (κ2) is 11.4. The molecule has 0 fully saturated rings. The second-order valence-corrected chi connectivity index (χ2v) is 5.30. The van der Waals surface area contributed by atoms with Gasteiger partial charge in [0.25, 0.3) is 0 Å². The second-order valence-electron chi connectivity index (χ2n) is 3.90. The topological polar surface area (TPSA) is 129 Å². The van der Waals surface area contributed by atoms with Gasteiger partial charge in [-0.1, -0.05) is 6.58 Å². The van der Waals surface area contributed by atoms with Crippen LogP contribution in [0.15, 0.2) is 18.7 Å². The third kappa shape index (κ3) is 23.1. The van der Waals surface area contributed by atoms with Crippen molar-refractivity contribution in [2.24, 2.45) is 5.73 Å². The van der Waals surface area contributed by atoms with Gasteiger partial charge in [0.2, 0.25) is 5.91 Å². The molecule has 0 aliphatic rings. The fourth-order valence-corrected chi connectivity index (χ4v) is 1.85. The molecular formula is C10H17N2NaO5S. The Labute approximate surface area is 135 Å². The molecule has 0 heterocycles. The number of carbonyl (C=O) groups is 1. The first kappa shape index (κ1) is 23.6. The van der Waals surface area contributed by atoms with Crippen LogP contribution < -0.4 is 40.6 Å². The SMILES string of the molecule is C=CC(N)=O.CC(C)(CS(=O)(=O)[O-])NCC=C=O.[Na+]. The van der Waals surface area contributed by atoms with Gasteiger partial charge in [-0.3, -0.25) is 4.79 Å². The third-order valence-electron chi connectivity index (χ3n) is 1.50. The molecule has 0 aromatic rings. The first-order chi connectivity index (χ1) is 8.04. The molecule has 0 saturated heterocycles. The van der Waals surface area contributed by atoms with Crippen LogP contribution in [0, 0.1) is 0 Å². The zero-order valence-corrected chi connectivity index (χ0v) is 14.1. The van der Waals surface area contributed by atoms with Gasteiger partial charge < -0.3 is 15.6 Å². The van der Waals surface area contributed by atoms with Crippen molar-refractivity contribution < 1.29 is 52.1 Å². The van der Waals surface area contributed by atoms with Crippen LogP contribution in [0.1, 0.15) is 13.8 Å². The molecule has 0 aliphatic carbocycles. The third-order valence-corrected chi connectivity index (χ3v) is 2.58. The molecule has 9 heteroatoms. The Morgan fingerprint density at radius 1 is 1.53 bits per heavy atom. The van der Waals surface area contributed by atoms with Gasteiger partial charge in [-0.25, -0.2) is 13.2 Å². The van der Waals surface area contributed by atoms with Crippen LogP contribution in [0.25, 0.3) is 0 Å². The molecule has 0 spiro atoms. The number of hydrogen-bond donors (Lipinski definition) is 2. The van der Waals surface area contributed by atoms with E-state index in [-0.39, 0.29) is 36.1 Å². The van der Waals surface area contributed by atoms with Crippen molar-refractivity contribution in [3.63, 3.8) is 0 Å². The summed E-state index contributed by atoms with van der Waals surface area (Å²) >= 11 is 0. The number of nitrogens with one attached hydrogen (secondary N) is 1. The van der Waals surface area contributed by atoms with Crippen LogP contribution in [0.3, 0.4) is 0 Å². The summed E-state index contributed by atoms with van der Waals surface area (Å²) in [6.45, 7) is 6.43. The van der Waals surface area contributed by atoms with Crippen molar-refractivity contribution in [1.29, 1.82) is 0 Å². The summed E-state index contributed by atoms with van der Waals surface area (Å²) in [5, 5.41) is 2.72. The quantitative estimate of drug-likeness (QED) is 0.222. The number of rotatable bonds is 6. The van der Waals surface area contributed by atoms with Gasteiger partial charge in [0, 0.05) is 18.2 Å². The maximum Gasteiger partial charge on any atom is 1.00 e. The van der Waals surface area contributed by atoms with E-state index in [1.165, 1.54) is 12.0 Å². The van der Waals surface area contributed by atoms with Gasteiger partial charge >= 0.3 is 29.6 Å². The monoisotopic (exact) mass is 300 g/mol. The van der Waals surface area contributed by atoms with E-state index in [0.717, 1.165) is 6.08 Å². The van der Waals surface area contributed by atoms with E-state index in [2.05, 4.69) is 17.6 Å². The summed E-state index contributed by atoms with van der Waals surface area (Å²) < 4.78 is 31.2. The van der Waals surface area contributed by atoms with Crippen molar-refractivity contribution in [1.82, 2.24) is 5.32 Å². The van der Waals surface area contributed by atoms with Crippen LogP contribution in [0.2, 0.25) is 0 Å². The molecule has 3 N–H and O–H groups in total. The van der Waals surface area contributed by atoms with E-state index in [4.69, 9.17) is 0 Å². The van der Waals surface area contributed by atoms with Gasteiger partial charge in [0.05, 0.1) is 15.9 Å². The van der Waals surface area contributed by atoms with Gasteiger partial charge in [-0.2, -0.15) is 0 Å². The standard InChI is InChI=1S/C7H13NO4S.C3H5NO.Na/c1-7(2,6-13(10,11)12)8-4-3-5-9;1-2-3(4)5;/h3,8H,4,6H2,1-2H3,(H,10,11,12);2H,1H2,(H2,4,5);/q;;+1/p-1. The molecule has 0 aromatic heterocycles. The van der Waals surface area contributed by atoms with E-state index in [1.54, 1.807) is 13.8 Å². The molecule has 0 unspecified atom stereocenters. The number of nitrogens with two attached hydrogens (primary N) is 1. The minimum absolute atomic E-state index is 0. The van der Waals surface area contributed by atoms with E-state index >= 15 is 0 Å². The Hall–Kier alpha value is -0.470. The summed E-state index contributed by atoms with van der Waals surface area (Å²) in [5.41, 5.74) is 3.71. The predicted octanol–water partition coefficient (Wildman–Crippen LogP) is -4.05. The number of primary amides is 1. The van der Waals surface area contributed by atoms with Crippen LogP contribution in [-0.2, 0) is 19.7 Å². The van der Waals surface area contributed by atoms with Gasteiger partial charge in [0.15, 0.2) is 0 Å². The van der Waals surface area contributed by atoms with Crippen LogP contribution in [-0.4, -0.2) is 42.7 Å². The molecule has 0 atom stereocenters. The van der Waals surface area contributed by atoms with E-state index in [1.807, 2.05) is 0 Å². The van der Waals surface area contributed by atoms with E-state index in [0.29, 0.717) is 0 Å². The largest absolute Gasteiger partial charge is 1.00 e. The van der Waals surface area contributed by atoms with Crippen LogP contribution in [0.4, 0.5) is 0 Å². The first-order valence-electron chi connectivity index (χ1n) is 4.84. The summed E-state index contributed by atoms with van der Waals surface area (Å²) in [7, 11) is -4.24. The molecule has 0 saturated carbocycles. The maximum absolute atomic E-state index is 10.4. The fraction of sp³-hybridized carbons (Fsp3) is 0.500. The van der Waals surface area contributed by atoms with Crippen molar-refractivity contribution >= 4 is 22.0 Å². The van der Waals surface area contributed by atoms with Crippen LogP contribution in [0.5, 0.6) is 0 Å². The molecule has 19 heavy (non-hydrogen) atoms. The Balaban J connectivity index is -0.000000366. The smallest absolute Gasteiger partial charge is 0.748 e. The van der Waals surface area contributed by atoms with Crippen molar-refractivity contribution in [3.05, 3.63) is 18.7 Å². The normalized spacial score (nSPS) is 10.1. The molecule has 0 bridgehead atoms. The zero-order chi connectivity index (χ0) is 14.8. The van der Waals surface area contributed by atoms with Gasteiger partial charge in [-0.05, 0) is 19.9 Å². The van der Waals surface area contributed by atoms with Gasteiger partial charge in [-0.15, -0.1) is 0 Å². The molecular weight excluding hydrogens is 283 g/mol.